The van der Waals surface area contributed by atoms with Gasteiger partial charge in [0.1, 0.15) is 5.76 Å². The lowest BCUT2D eigenvalue weighted by atomic mass is 9.79. The second kappa shape index (κ2) is 3.07. The third-order valence-corrected chi connectivity index (χ3v) is 3.69. The van der Waals surface area contributed by atoms with Crippen molar-refractivity contribution in [2.45, 2.75) is 24.7 Å². The Balaban J connectivity index is 1.95. The first kappa shape index (κ1) is 8.93. The molecule has 2 aliphatic rings. The highest BCUT2D eigenvalue weighted by Crippen LogP contribution is 2.42. The maximum Gasteiger partial charge on any atom is 0.300 e. The zero-order chi connectivity index (χ0) is 10.3. The van der Waals surface area contributed by atoms with Crippen molar-refractivity contribution in [2.75, 3.05) is 19.6 Å². The van der Waals surface area contributed by atoms with E-state index < -0.39 is 0 Å². The molecule has 2 saturated heterocycles. The molecule has 2 unspecified atom stereocenters. The number of hydrogen-bond donors (Lipinski definition) is 0. The summed E-state index contributed by atoms with van der Waals surface area (Å²) in [5.74, 6) is 1.12. The largest absolute Gasteiger partial charge is 0.433 e. The Morgan fingerprint density at radius 1 is 1.47 bits per heavy atom. The first-order chi connectivity index (χ1) is 7.32. The predicted molar refractivity (Wildman–Crippen MR) is 53.2 cm³/mol. The van der Waals surface area contributed by atoms with E-state index in [1.54, 1.807) is 6.20 Å². The molecule has 1 aromatic heterocycles. The van der Waals surface area contributed by atoms with Crippen LogP contribution in [0.4, 0.5) is 0 Å². The van der Waals surface area contributed by atoms with Crippen LogP contribution in [0.1, 0.15) is 30.9 Å². The van der Waals surface area contributed by atoms with Gasteiger partial charge in [-0.05, 0) is 32.4 Å². The Bertz CT molecular complexity index is 416. The fourth-order valence-electron chi connectivity index (χ4n) is 2.89. The molecule has 78 valence electrons. The molecule has 2 fully saturated rings. The van der Waals surface area contributed by atoms with Crippen molar-refractivity contribution in [2.24, 2.45) is 0 Å². The molecule has 0 aliphatic carbocycles. The van der Waals surface area contributed by atoms with E-state index in [1.807, 2.05) is 6.07 Å². The van der Waals surface area contributed by atoms with Crippen LogP contribution in [0, 0.1) is 11.3 Å². The maximum atomic E-state index is 8.70. The van der Waals surface area contributed by atoms with E-state index in [0.29, 0.717) is 0 Å². The van der Waals surface area contributed by atoms with Gasteiger partial charge in [0.2, 0.25) is 0 Å². The molecule has 2 aliphatic heterocycles. The molecule has 0 radical (unpaired) electrons. The summed E-state index contributed by atoms with van der Waals surface area (Å²) >= 11 is 0. The van der Waals surface area contributed by atoms with Crippen molar-refractivity contribution in [3.05, 3.63) is 17.8 Å². The SMILES string of the molecule is N#Cc1ncc(C23CCCN(CC2)C3)o1. The Kier molecular flexibility index (Phi) is 1.83. The van der Waals surface area contributed by atoms with Crippen LogP contribution in [0.5, 0.6) is 0 Å². The lowest BCUT2D eigenvalue weighted by Gasteiger charge is -2.31. The number of fused-ring (bicyclic) bond motifs is 2. The lowest BCUT2D eigenvalue weighted by molar-refractivity contribution is 0.219. The second-order valence-electron chi connectivity index (χ2n) is 4.55. The number of nitrogens with zero attached hydrogens (tertiary/aromatic N) is 3. The first-order valence-electron chi connectivity index (χ1n) is 5.41. The quantitative estimate of drug-likeness (QED) is 0.690. The van der Waals surface area contributed by atoms with Gasteiger partial charge in [-0.2, -0.15) is 5.26 Å². The lowest BCUT2D eigenvalue weighted by Crippen LogP contribution is -2.36. The van der Waals surface area contributed by atoms with Gasteiger partial charge in [0, 0.05) is 12.0 Å². The molecule has 0 spiro atoms. The van der Waals surface area contributed by atoms with Crippen LogP contribution in [0.3, 0.4) is 0 Å². The van der Waals surface area contributed by atoms with Gasteiger partial charge >= 0.3 is 5.89 Å². The fraction of sp³-hybridized carbons (Fsp3) is 0.636. The van der Waals surface area contributed by atoms with Crippen molar-refractivity contribution in [3.63, 3.8) is 0 Å². The predicted octanol–water partition coefficient (Wildman–Crippen LogP) is 1.28. The van der Waals surface area contributed by atoms with E-state index in [9.17, 15) is 0 Å². The molecule has 0 amide bonds. The summed E-state index contributed by atoms with van der Waals surface area (Å²) in [5, 5.41) is 8.70. The molecule has 2 bridgehead atoms. The van der Waals surface area contributed by atoms with Crippen LogP contribution in [0.25, 0.3) is 0 Å². The Labute approximate surface area is 88.5 Å². The van der Waals surface area contributed by atoms with Gasteiger partial charge in [0.05, 0.1) is 6.20 Å². The minimum Gasteiger partial charge on any atom is -0.433 e. The van der Waals surface area contributed by atoms with Gasteiger partial charge < -0.3 is 9.32 Å². The molecular weight excluding hydrogens is 190 g/mol. The summed E-state index contributed by atoms with van der Waals surface area (Å²) in [6.45, 7) is 3.44. The van der Waals surface area contributed by atoms with Gasteiger partial charge in [-0.3, -0.25) is 0 Å². The minimum absolute atomic E-state index is 0.153. The average Bonchev–Trinajstić information content (AvgIpc) is 2.85. The van der Waals surface area contributed by atoms with Crippen LogP contribution >= 0.6 is 0 Å². The van der Waals surface area contributed by atoms with E-state index in [4.69, 9.17) is 9.68 Å². The smallest absolute Gasteiger partial charge is 0.300 e. The van der Waals surface area contributed by atoms with Crippen LogP contribution in [-0.2, 0) is 5.41 Å². The van der Waals surface area contributed by atoms with E-state index in [2.05, 4.69) is 9.88 Å². The molecule has 0 aromatic carbocycles. The summed E-state index contributed by atoms with van der Waals surface area (Å²) < 4.78 is 5.49. The molecule has 15 heavy (non-hydrogen) atoms. The molecular formula is C11H13N3O. The van der Waals surface area contributed by atoms with Gasteiger partial charge in [0.25, 0.3) is 0 Å². The number of oxazole rings is 1. The third kappa shape index (κ3) is 1.27. The Hall–Kier alpha value is -1.34. The molecule has 2 atom stereocenters. The van der Waals surface area contributed by atoms with Crippen LogP contribution in [0.2, 0.25) is 0 Å². The van der Waals surface area contributed by atoms with Crippen molar-refractivity contribution in [1.82, 2.24) is 9.88 Å². The first-order valence-corrected chi connectivity index (χ1v) is 5.41. The van der Waals surface area contributed by atoms with Gasteiger partial charge in [-0.1, -0.05) is 0 Å². The van der Waals surface area contributed by atoms with Crippen molar-refractivity contribution in [3.8, 4) is 6.07 Å². The standard InChI is InChI=1S/C11H13N3O/c12-6-10-13-7-9(15-10)11-2-1-4-14(8-11)5-3-11/h7H,1-5,8H2. The molecule has 3 rings (SSSR count). The van der Waals surface area contributed by atoms with Gasteiger partial charge in [0.15, 0.2) is 6.07 Å². The fourth-order valence-corrected chi connectivity index (χ4v) is 2.89. The van der Waals surface area contributed by atoms with E-state index in [0.717, 1.165) is 25.3 Å². The number of hydrogen-bond acceptors (Lipinski definition) is 4. The summed E-state index contributed by atoms with van der Waals surface area (Å²) in [6.07, 6.45) is 5.28. The number of aromatic nitrogens is 1. The Morgan fingerprint density at radius 2 is 2.40 bits per heavy atom. The van der Waals surface area contributed by atoms with Crippen molar-refractivity contribution < 1.29 is 4.42 Å². The average molecular weight is 203 g/mol. The molecule has 1 aromatic rings. The highest BCUT2D eigenvalue weighted by Gasteiger charge is 2.44. The van der Waals surface area contributed by atoms with E-state index >= 15 is 0 Å². The van der Waals surface area contributed by atoms with Gasteiger partial charge in [-0.25, -0.2) is 4.98 Å². The highest BCUT2D eigenvalue weighted by atomic mass is 16.4. The zero-order valence-electron chi connectivity index (χ0n) is 8.57. The topological polar surface area (TPSA) is 53.1 Å². The summed E-state index contributed by atoms with van der Waals surface area (Å²) in [7, 11) is 0. The Morgan fingerprint density at radius 3 is 3.20 bits per heavy atom. The van der Waals surface area contributed by atoms with Crippen LogP contribution in [-0.4, -0.2) is 29.5 Å². The highest BCUT2D eigenvalue weighted by molar-refractivity contribution is 5.19. The number of rotatable bonds is 1. The summed E-state index contributed by atoms with van der Waals surface area (Å²) in [4.78, 5) is 6.45. The van der Waals surface area contributed by atoms with Crippen LogP contribution in [0.15, 0.2) is 10.6 Å². The molecule has 4 nitrogen and oxygen atoms in total. The van der Waals surface area contributed by atoms with Crippen molar-refractivity contribution >= 4 is 0 Å². The zero-order valence-corrected chi connectivity index (χ0v) is 8.57. The third-order valence-electron chi connectivity index (χ3n) is 3.69. The van der Waals surface area contributed by atoms with Crippen LogP contribution < -0.4 is 0 Å². The van der Waals surface area contributed by atoms with Crippen molar-refractivity contribution in [1.29, 1.82) is 5.26 Å². The molecule has 0 N–H and O–H groups in total. The summed E-state index contributed by atoms with van der Waals surface area (Å²) in [5.41, 5.74) is 0.153. The second-order valence-corrected chi connectivity index (χ2v) is 4.55. The minimum atomic E-state index is 0.153. The maximum absolute atomic E-state index is 8.70. The number of nitriles is 1. The van der Waals surface area contributed by atoms with Gasteiger partial charge in [-0.15, -0.1) is 0 Å². The monoisotopic (exact) mass is 203 g/mol. The van der Waals surface area contributed by atoms with E-state index in [1.165, 1.54) is 19.4 Å². The molecule has 3 heterocycles. The molecule has 4 heteroatoms. The molecule has 0 saturated carbocycles. The number of piperidine rings is 1. The van der Waals surface area contributed by atoms with E-state index in [-0.39, 0.29) is 11.3 Å². The summed E-state index contributed by atoms with van der Waals surface area (Å²) in [6, 6.07) is 1.95. The normalized spacial score (nSPS) is 33.9.